The number of nitrogens with zero attached hydrogens (tertiary/aromatic N) is 4. The third-order valence-corrected chi connectivity index (χ3v) is 7.96. The van der Waals surface area contributed by atoms with Crippen LogP contribution in [0.2, 0.25) is 0 Å². The highest BCUT2D eigenvalue weighted by atomic mass is 32.4. The number of benzene rings is 1. The average molecular weight is 357 g/mol. The molecule has 1 aromatic carbocycles. The van der Waals surface area contributed by atoms with Crippen LogP contribution in [-0.4, -0.2) is 60.9 Å². The average Bonchev–Trinajstić information content (AvgIpc) is 2.55. The Bertz CT molecular complexity index is 617. The van der Waals surface area contributed by atoms with E-state index in [0.29, 0.717) is 13.2 Å². The topological polar surface area (TPSA) is 83.2 Å². The summed E-state index contributed by atoms with van der Waals surface area (Å²) in [6.45, 7) is 0.715. The molecule has 10 heteroatoms. The van der Waals surface area contributed by atoms with Gasteiger partial charge in [-0.05, 0) is 43.6 Å². The lowest BCUT2D eigenvalue weighted by molar-refractivity contribution is -0.384. The first-order valence-electron chi connectivity index (χ1n) is 7.09. The SMILES string of the molecule is CN(C)P(=S)(N/N=C/c1ccc([N+](=O)[O-])cc1)N1CCOCC1. The molecule has 1 saturated heterocycles. The van der Waals surface area contributed by atoms with E-state index in [9.17, 15) is 10.1 Å². The number of non-ortho nitro benzene ring substituents is 1. The Balaban J connectivity index is 2.05. The predicted molar refractivity (Wildman–Crippen MR) is 94.2 cm³/mol. The molecule has 0 saturated carbocycles. The van der Waals surface area contributed by atoms with E-state index in [4.69, 9.17) is 16.5 Å². The van der Waals surface area contributed by atoms with E-state index < -0.39 is 11.4 Å². The molecule has 1 heterocycles. The number of hydrogen-bond acceptors (Lipinski definition) is 5. The lowest BCUT2D eigenvalue weighted by Gasteiger charge is -2.40. The maximum absolute atomic E-state index is 10.6. The molecule has 1 atom stereocenters. The third-order valence-electron chi connectivity index (χ3n) is 3.42. The molecular weight excluding hydrogens is 337 g/mol. The number of ether oxygens (including phenoxy) is 1. The molecule has 1 aliphatic rings. The quantitative estimate of drug-likeness (QED) is 0.359. The van der Waals surface area contributed by atoms with E-state index in [0.717, 1.165) is 18.7 Å². The van der Waals surface area contributed by atoms with Gasteiger partial charge < -0.3 is 4.74 Å². The Morgan fingerprint density at radius 3 is 2.52 bits per heavy atom. The van der Waals surface area contributed by atoms with Gasteiger partial charge in [-0.1, -0.05) is 0 Å². The van der Waals surface area contributed by atoms with Gasteiger partial charge in [0.1, 0.15) is 0 Å². The zero-order valence-corrected chi connectivity index (χ0v) is 14.8. The van der Waals surface area contributed by atoms with Crippen molar-refractivity contribution < 1.29 is 9.66 Å². The van der Waals surface area contributed by atoms with Crippen LogP contribution in [-0.2, 0) is 16.5 Å². The van der Waals surface area contributed by atoms with Crippen molar-refractivity contribution >= 4 is 30.2 Å². The van der Waals surface area contributed by atoms with Crippen LogP contribution in [0.1, 0.15) is 5.56 Å². The number of morpholine rings is 1. The van der Waals surface area contributed by atoms with Crippen LogP contribution < -0.4 is 5.20 Å². The third kappa shape index (κ3) is 4.55. The van der Waals surface area contributed by atoms with Crippen LogP contribution in [0.5, 0.6) is 0 Å². The fourth-order valence-corrected chi connectivity index (χ4v) is 4.45. The molecule has 1 fully saturated rings. The Kier molecular flexibility index (Phi) is 6.20. The number of nitro benzene ring substituents is 1. The number of nitrogens with one attached hydrogen (secondary N) is 1. The summed E-state index contributed by atoms with van der Waals surface area (Å²) in [5, 5.41) is 18.0. The number of hydrogen-bond donors (Lipinski definition) is 1. The summed E-state index contributed by atoms with van der Waals surface area (Å²) in [4.78, 5) is 10.2. The van der Waals surface area contributed by atoms with E-state index in [-0.39, 0.29) is 5.69 Å². The van der Waals surface area contributed by atoms with Crippen molar-refractivity contribution in [1.29, 1.82) is 0 Å². The van der Waals surface area contributed by atoms with Gasteiger partial charge in [0, 0.05) is 25.2 Å². The lowest BCUT2D eigenvalue weighted by atomic mass is 10.2. The Morgan fingerprint density at radius 1 is 1.39 bits per heavy atom. The van der Waals surface area contributed by atoms with Crippen molar-refractivity contribution in [3.05, 3.63) is 39.9 Å². The minimum Gasteiger partial charge on any atom is -0.379 e. The van der Waals surface area contributed by atoms with E-state index in [1.165, 1.54) is 12.1 Å². The van der Waals surface area contributed by atoms with Gasteiger partial charge in [0.15, 0.2) is 6.49 Å². The molecule has 1 aromatic rings. The minimum absolute atomic E-state index is 0.0573. The minimum atomic E-state index is -2.17. The molecule has 8 nitrogen and oxygen atoms in total. The van der Waals surface area contributed by atoms with Crippen molar-refractivity contribution in [2.45, 2.75) is 0 Å². The van der Waals surface area contributed by atoms with Gasteiger partial charge >= 0.3 is 0 Å². The maximum atomic E-state index is 10.6. The molecule has 0 aliphatic carbocycles. The van der Waals surface area contributed by atoms with E-state index in [1.54, 1.807) is 18.3 Å². The second-order valence-corrected chi connectivity index (χ2v) is 9.35. The molecule has 0 bridgehead atoms. The molecule has 126 valence electrons. The van der Waals surface area contributed by atoms with Crippen molar-refractivity contribution in [3.63, 3.8) is 0 Å². The Labute approximate surface area is 140 Å². The fraction of sp³-hybridized carbons (Fsp3) is 0.462. The summed E-state index contributed by atoms with van der Waals surface area (Å²) in [5.41, 5.74) is 0.826. The van der Waals surface area contributed by atoms with Crippen LogP contribution in [0.3, 0.4) is 0 Å². The van der Waals surface area contributed by atoms with Crippen molar-refractivity contribution in [2.75, 3.05) is 40.4 Å². The second-order valence-electron chi connectivity index (χ2n) is 5.16. The lowest BCUT2D eigenvalue weighted by Crippen LogP contribution is -2.40. The standard InChI is InChI=1S/C13H20N5O3PS/c1-16(2)22(23,17-7-9-21-10-8-17)15-14-11-12-3-5-13(6-4-12)18(19)20/h3-6,11H,7-10H2,1-2H3,(H,15,23)/b14-11+. The Morgan fingerprint density at radius 2 is 2.00 bits per heavy atom. The first-order valence-corrected chi connectivity index (χ1v) is 9.80. The highest BCUT2D eigenvalue weighted by Gasteiger charge is 2.29. The van der Waals surface area contributed by atoms with Gasteiger partial charge in [-0.25, -0.2) is 4.67 Å². The van der Waals surface area contributed by atoms with E-state index >= 15 is 0 Å². The molecular formula is C13H20N5O3PS. The van der Waals surface area contributed by atoms with Crippen LogP contribution in [0.15, 0.2) is 29.4 Å². The number of nitro groups is 1. The molecule has 1 aliphatic heterocycles. The maximum Gasteiger partial charge on any atom is 0.269 e. The normalized spacial score (nSPS) is 18.9. The monoisotopic (exact) mass is 357 g/mol. The van der Waals surface area contributed by atoms with Gasteiger partial charge in [-0.15, -0.1) is 0 Å². The Hall–Kier alpha value is -1.38. The molecule has 0 radical (unpaired) electrons. The number of rotatable bonds is 6. The number of hydrazone groups is 1. The zero-order valence-electron chi connectivity index (χ0n) is 13.1. The summed E-state index contributed by atoms with van der Waals surface area (Å²) in [6, 6.07) is 6.20. The summed E-state index contributed by atoms with van der Waals surface area (Å²) in [5.74, 6) is 0. The van der Waals surface area contributed by atoms with Crippen molar-refractivity contribution in [1.82, 2.24) is 14.5 Å². The van der Waals surface area contributed by atoms with Gasteiger partial charge in [-0.3, -0.25) is 20.0 Å². The molecule has 1 N–H and O–H groups in total. The van der Waals surface area contributed by atoms with Crippen LogP contribution in [0.4, 0.5) is 5.69 Å². The second kappa shape index (κ2) is 7.94. The highest BCUT2D eigenvalue weighted by molar-refractivity contribution is 8.11. The van der Waals surface area contributed by atoms with Crippen LogP contribution in [0.25, 0.3) is 0 Å². The van der Waals surface area contributed by atoms with Gasteiger partial charge in [0.2, 0.25) is 0 Å². The van der Waals surface area contributed by atoms with E-state index in [1.807, 2.05) is 18.8 Å². The smallest absolute Gasteiger partial charge is 0.269 e. The van der Waals surface area contributed by atoms with Gasteiger partial charge in [-0.2, -0.15) is 5.10 Å². The van der Waals surface area contributed by atoms with Gasteiger partial charge in [0.25, 0.3) is 5.69 Å². The molecule has 0 aromatic heterocycles. The van der Waals surface area contributed by atoms with Crippen molar-refractivity contribution in [3.8, 4) is 0 Å². The first kappa shape index (κ1) is 18.0. The molecule has 1 unspecified atom stereocenters. The van der Waals surface area contributed by atoms with Gasteiger partial charge in [0.05, 0.1) is 24.4 Å². The zero-order chi connectivity index (χ0) is 16.9. The van der Waals surface area contributed by atoms with Crippen molar-refractivity contribution in [2.24, 2.45) is 5.10 Å². The van der Waals surface area contributed by atoms with Crippen LogP contribution >= 0.6 is 6.49 Å². The molecule has 23 heavy (non-hydrogen) atoms. The summed E-state index contributed by atoms with van der Waals surface area (Å²) >= 11 is 5.81. The molecule has 2 rings (SSSR count). The van der Waals surface area contributed by atoms with E-state index in [2.05, 4.69) is 15.0 Å². The first-order chi connectivity index (χ1) is 10.9. The fourth-order valence-electron chi connectivity index (χ4n) is 2.09. The highest BCUT2D eigenvalue weighted by Crippen LogP contribution is 2.47. The largest absolute Gasteiger partial charge is 0.379 e. The predicted octanol–water partition coefficient (Wildman–Crippen LogP) is 1.64. The summed E-state index contributed by atoms with van der Waals surface area (Å²) < 4.78 is 9.55. The molecule has 0 spiro atoms. The summed E-state index contributed by atoms with van der Waals surface area (Å²) in [7, 11) is 3.87. The summed E-state index contributed by atoms with van der Waals surface area (Å²) in [6.07, 6.45) is 1.62. The van der Waals surface area contributed by atoms with Crippen LogP contribution in [0, 0.1) is 10.1 Å². The molecule has 0 amide bonds.